The van der Waals surface area contributed by atoms with Gasteiger partial charge in [-0.3, -0.25) is 11.3 Å². The van der Waals surface area contributed by atoms with E-state index >= 15 is 0 Å². The summed E-state index contributed by atoms with van der Waals surface area (Å²) in [5.41, 5.74) is 6.84. The van der Waals surface area contributed by atoms with E-state index in [2.05, 4.69) is 70.7 Å². The number of halogens is 1. The summed E-state index contributed by atoms with van der Waals surface area (Å²) in [4.78, 5) is 0. The van der Waals surface area contributed by atoms with Gasteiger partial charge in [-0.1, -0.05) is 24.3 Å². The van der Waals surface area contributed by atoms with Crippen LogP contribution in [0.1, 0.15) is 22.7 Å². The standard InChI is InChI=1S/C13H15IN2S/c1-9-4-2-3-5-10(9)6-12(16-15)11-7-13(14)17-8-11/h2-5,7-8,12,16H,6,15H2,1H3. The summed E-state index contributed by atoms with van der Waals surface area (Å²) < 4.78 is 1.29. The lowest BCUT2D eigenvalue weighted by Crippen LogP contribution is -2.29. The van der Waals surface area contributed by atoms with Crippen molar-refractivity contribution in [1.82, 2.24) is 5.43 Å². The van der Waals surface area contributed by atoms with Crippen LogP contribution in [0.3, 0.4) is 0 Å². The largest absolute Gasteiger partial charge is 0.271 e. The van der Waals surface area contributed by atoms with Crippen LogP contribution in [0.5, 0.6) is 0 Å². The molecule has 0 spiro atoms. The highest BCUT2D eigenvalue weighted by Crippen LogP contribution is 2.25. The van der Waals surface area contributed by atoms with E-state index in [4.69, 9.17) is 5.84 Å². The monoisotopic (exact) mass is 358 g/mol. The van der Waals surface area contributed by atoms with Crippen molar-refractivity contribution in [2.75, 3.05) is 0 Å². The zero-order chi connectivity index (χ0) is 12.3. The molecule has 90 valence electrons. The van der Waals surface area contributed by atoms with E-state index in [0.717, 1.165) is 6.42 Å². The molecule has 0 bridgehead atoms. The lowest BCUT2D eigenvalue weighted by Gasteiger charge is -2.16. The second-order valence-corrected chi connectivity index (χ2v) is 6.84. The van der Waals surface area contributed by atoms with E-state index < -0.39 is 0 Å². The first kappa shape index (κ1) is 13.0. The van der Waals surface area contributed by atoms with Crippen molar-refractivity contribution in [3.8, 4) is 0 Å². The van der Waals surface area contributed by atoms with E-state index in [1.807, 2.05) is 0 Å². The fourth-order valence-electron chi connectivity index (χ4n) is 1.84. The molecular weight excluding hydrogens is 343 g/mol. The molecule has 1 atom stereocenters. The smallest absolute Gasteiger partial charge is 0.0656 e. The van der Waals surface area contributed by atoms with Gasteiger partial charge in [-0.25, -0.2) is 0 Å². The third kappa shape index (κ3) is 3.28. The molecule has 3 N–H and O–H groups in total. The molecule has 4 heteroatoms. The third-order valence-corrected chi connectivity index (χ3v) is 4.68. The van der Waals surface area contributed by atoms with E-state index in [9.17, 15) is 0 Å². The van der Waals surface area contributed by atoms with Crippen molar-refractivity contribution in [3.05, 3.63) is 55.3 Å². The Morgan fingerprint density at radius 2 is 2.18 bits per heavy atom. The van der Waals surface area contributed by atoms with Crippen LogP contribution >= 0.6 is 33.9 Å². The van der Waals surface area contributed by atoms with Gasteiger partial charge < -0.3 is 0 Å². The molecule has 1 aromatic carbocycles. The second-order valence-electron chi connectivity index (χ2n) is 4.03. The van der Waals surface area contributed by atoms with E-state index in [0.29, 0.717) is 0 Å². The molecule has 0 radical (unpaired) electrons. The highest BCUT2D eigenvalue weighted by Gasteiger charge is 2.13. The Morgan fingerprint density at radius 1 is 1.41 bits per heavy atom. The predicted octanol–water partition coefficient (Wildman–Crippen LogP) is 3.41. The van der Waals surface area contributed by atoms with Crippen LogP contribution in [0, 0.1) is 9.81 Å². The van der Waals surface area contributed by atoms with Crippen LogP contribution in [0.15, 0.2) is 35.7 Å². The molecule has 0 aliphatic carbocycles. The summed E-state index contributed by atoms with van der Waals surface area (Å²) in [5, 5.41) is 2.17. The van der Waals surface area contributed by atoms with E-state index in [1.54, 1.807) is 11.3 Å². The van der Waals surface area contributed by atoms with Gasteiger partial charge in [0, 0.05) is 0 Å². The van der Waals surface area contributed by atoms with Crippen LogP contribution < -0.4 is 11.3 Å². The van der Waals surface area contributed by atoms with Gasteiger partial charge >= 0.3 is 0 Å². The van der Waals surface area contributed by atoms with Gasteiger partial charge in [-0.05, 0) is 64.1 Å². The molecule has 1 heterocycles. The average molecular weight is 358 g/mol. The maximum Gasteiger partial charge on any atom is 0.0656 e. The minimum Gasteiger partial charge on any atom is -0.271 e. The van der Waals surface area contributed by atoms with Crippen molar-refractivity contribution in [2.24, 2.45) is 5.84 Å². The van der Waals surface area contributed by atoms with Crippen molar-refractivity contribution < 1.29 is 0 Å². The Kier molecular flexibility index (Phi) is 4.55. The Balaban J connectivity index is 2.18. The highest BCUT2D eigenvalue weighted by molar-refractivity contribution is 14.1. The Hall–Kier alpha value is -0.430. The van der Waals surface area contributed by atoms with Crippen molar-refractivity contribution in [2.45, 2.75) is 19.4 Å². The normalized spacial score (nSPS) is 12.6. The SMILES string of the molecule is Cc1ccccc1CC(NN)c1csc(I)c1. The van der Waals surface area contributed by atoms with E-state index in [-0.39, 0.29) is 6.04 Å². The number of thiophene rings is 1. The second kappa shape index (κ2) is 5.95. The Bertz CT molecular complexity index is 496. The summed E-state index contributed by atoms with van der Waals surface area (Å²) >= 11 is 4.09. The molecule has 2 aromatic rings. The summed E-state index contributed by atoms with van der Waals surface area (Å²) in [6, 6.07) is 10.8. The lowest BCUT2D eigenvalue weighted by atomic mass is 9.98. The Labute approximate surface area is 119 Å². The maximum absolute atomic E-state index is 5.66. The molecule has 1 unspecified atom stereocenters. The first-order valence-corrected chi connectivity index (χ1v) is 7.41. The number of hydrazine groups is 1. The zero-order valence-electron chi connectivity index (χ0n) is 9.61. The van der Waals surface area contributed by atoms with Crippen molar-refractivity contribution in [3.63, 3.8) is 0 Å². The van der Waals surface area contributed by atoms with Crippen LogP contribution in [0.25, 0.3) is 0 Å². The van der Waals surface area contributed by atoms with Gasteiger partial charge in [0.05, 0.1) is 8.93 Å². The number of hydrogen-bond acceptors (Lipinski definition) is 3. The van der Waals surface area contributed by atoms with Gasteiger partial charge in [0.15, 0.2) is 0 Å². The van der Waals surface area contributed by atoms with Crippen LogP contribution in [-0.2, 0) is 6.42 Å². The minimum absolute atomic E-state index is 0.191. The molecule has 2 nitrogen and oxygen atoms in total. The van der Waals surface area contributed by atoms with Gasteiger partial charge in [-0.15, -0.1) is 11.3 Å². The summed E-state index contributed by atoms with van der Waals surface area (Å²) in [6.45, 7) is 2.14. The van der Waals surface area contributed by atoms with Crippen molar-refractivity contribution in [1.29, 1.82) is 0 Å². The van der Waals surface area contributed by atoms with Crippen LogP contribution in [0.2, 0.25) is 0 Å². The first-order valence-electron chi connectivity index (χ1n) is 5.45. The van der Waals surface area contributed by atoms with Crippen molar-refractivity contribution >= 4 is 33.9 Å². The number of aryl methyl sites for hydroxylation is 1. The quantitative estimate of drug-likeness (QED) is 0.499. The molecule has 0 fully saturated rings. The predicted molar refractivity (Wildman–Crippen MR) is 82.0 cm³/mol. The number of nitrogens with one attached hydrogen (secondary N) is 1. The van der Waals surface area contributed by atoms with Crippen LogP contribution in [-0.4, -0.2) is 0 Å². The number of hydrogen-bond donors (Lipinski definition) is 2. The Morgan fingerprint density at radius 3 is 2.76 bits per heavy atom. The highest BCUT2D eigenvalue weighted by atomic mass is 127. The fourth-order valence-corrected chi connectivity index (χ4v) is 3.26. The number of nitrogens with two attached hydrogens (primary N) is 1. The molecular formula is C13H15IN2S. The first-order chi connectivity index (χ1) is 8.20. The minimum atomic E-state index is 0.191. The number of benzene rings is 1. The molecule has 1 aromatic heterocycles. The third-order valence-electron chi connectivity index (χ3n) is 2.88. The number of rotatable bonds is 4. The molecule has 0 aliphatic heterocycles. The van der Waals surface area contributed by atoms with Gasteiger partial charge in [0.2, 0.25) is 0 Å². The molecule has 0 saturated carbocycles. The summed E-state index contributed by atoms with van der Waals surface area (Å²) in [5.74, 6) is 5.66. The zero-order valence-corrected chi connectivity index (χ0v) is 12.6. The molecule has 0 amide bonds. The van der Waals surface area contributed by atoms with Gasteiger partial charge in [0.1, 0.15) is 0 Å². The lowest BCUT2D eigenvalue weighted by molar-refractivity contribution is 0.552. The fraction of sp³-hybridized carbons (Fsp3) is 0.231. The molecule has 0 aliphatic rings. The molecule has 17 heavy (non-hydrogen) atoms. The average Bonchev–Trinajstić information content (AvgIpc) is 2.75. The maximum atomic E-state index is 5.66. The van der Waals surface area contributed by atoms with E-state index in [1.165, 1.54) is 19.6 Å². The molecule has 2 rings (SSSR count). The van der Waals surface area contributed by atoms with Crippen LogP contribution in [0.4, 0.5) is 0 Å². The topological polar surface area (TPSA) is 38.0 Å². The van der Waals surface area contributed by atoms with Gasteiger partial charge in [0.25, 0.3) is 0 Å². The summed E-state index contributed by atoms with van der Waals surface area (Å²) in [6.07, 6.45) is 0.927. The van der Waals surface area contributed by atoms with Gasteiger partial charge in [-0.2, -0.15) is 0 Å². The molecule has 0 saturated heterocycles. The summed E-state index contributed by atoms with van der Waals surface area (Å²) in [7, 11) is 0.